The molecular weight excluding hydrogens is 224 g/mol. The minimum Gasteiger partial charge on any atom is -0.399 e. The van der Waals surface area contributed by atoms with E-state index in [1.165, 1.54) is 6.42 Å². The van der Waals surface area contributed by atoms with Crippen LogP contribution in [-0.4, -0.2) is 22.9 Å². The summed E-state index contributed by atoms with van der Waals surface area (Å²) in [4.78, 5) is 14.4. The van der Waals surface area contributed by atoms with E-state index >= 15 is 0 Å². The molecule has 0 aliphatic carbocycles. The van der Waals surface area contributed by atoms with Crippen LogP contribution in [0.2, 0.25) is 0 Å². The molecule has 98 valence electrons. The molecule has 2 rings (SSSR count). The molecule has 1 aromatic carbocycles. The van der Waals surface area contributed by atoms with E-state index in [9.17, 15) is 4.79 Å². The Kier molecular flexibility index (Phi) is 3.90. The summed E-state index contributed by atoms with van der Waals surface area (Å²) in [7, 11) is 0. The van der Waals surface area contributed by atoms with Crippen LogP contribution in [0.25, 0.3) is 0 Å². The number of hydrogen-bond acceptors (Lipinski definition) is 2. The summed E-state index contributed by atoms with van der Waals surface area (Å²) in [6, 6.07) is 8.32. The Labute approximate surface area is 109 Å². The van der Waals surface area contributed by atoms with Gasteiger partial charge in [0.2, 0.25) is 5.91 Å². The fraction of sp³-hybridized carbons (Fsp3) is 0.533. The monoisotopic (exact) mass is 246 g/mol. The molecule has 0 radical (unpaired) electrons. The second-order valence-corrected chi connectivity index (χ2v) is 5.35. The van der Waals surface area contributed by atoms with Gasteiger partial charge in [-0.3, -0.25) is 4.79 Å². The topological polar surface area (TPSA) is 46.3 Å². The lowest BCUT2D eigenvalue weighted by Crippen LogP contribution is -2.48. The predicted molar refractivity (Wildman–Crippen MR) is 74.2 cm³/mol. The number of benzene rings is 1. The average Bonchev–Trinajstić information content (AvgIpc) is 2.32. The highest BCUT2D eigenvalue weighted by molar-refractivity contribution is 5.79. The van der Waals surface area contributed by atoms with E-state index in [4.69, 9.17) is 5.73 Å². The molecule has 1 aliphatic heterocycles. The maximum absolute atomic E-state index is 12.4. The van der Waals surface area contributed by atoms with E-state index in [2.05, 4.69) is 18.7 Å². The largest absolute Gasteiger partial charge is 0.399 e. The van der Waals surface area contributed by atoms with Crippen LogP contribution in [0.15, 0.2) is 24.3 Å². The van der Waals surface area contributed by atoms with Crippen LogP contribution >= 0.6 is 0 Å². The van der Waals surface area contributed by atoms with Crippen LogP contribution in [0.5, 0.6) is 0 Å². The highest BCUT2D eigenvalue weighted by Gasteiger charge is 2.28. The number of hydrogen-bond donors (Lipinski definition) is 1. The summed E-state index contributed by atoms with van der Waals surface area (Å²) >= 11 is 0. The molecule has 1 amide bonds. The Balaban J connectivity index is 2.04. The van der Waals surface area contributed by atoms with E-state index in [0.29, 0.717) is 18.5 Å². The van der Waals surface area contributed by atoms with Crippen molar-refractivity contribution >= 4 is 11.6 Å². The molecule has 0 aromatic heterocycles. The Hall–Kier alpha value is -1.51. The van der Waals surface area contributed by atoms with E-state index in [1.54, 1.807) is 0 Å². The molecule has 2 unspecified atom stereocenters. The third-order valence-corrected chi connectivity index (χ3v) is 3.82. The molecule has 0 saturated carbocycles. The Bertz CT molecular complexity index is 403. The number of anilines is 1. The van der Waals surface area contributed by atoms with Gasteiger partial charge in [-0.25, -0.2) is 0 Å². The minimum absolute atomic E-state index is 0.236. The van der Waals surface area contributed by atoms with Crippen LogP contribution in [0.3, 0.4) is 0 Å². The van der Waals surface area contributed by atoms with Crippen molar-refractivity contribution in [3.63, 3.8) is 0 Å². The number of rotatable bonds is 2. The molecule has 3 nitrogen and oxygen atoms in total. The zero-order valence-electron chi connectivity index (χ0n) is 11.2. The lowest BCUT2D eigenvalue weighted by molar-refractivity contribution is -0.136. The number of nitrogens with zero attached hydrogens (tertiary/aromatic N) is 1. The average molecular weight is 246 g/mol. The molecular formula is C15H22N2O. The molecule has 3 heteroatoms. The normalized spacial score (nSPS) is 24.0. The van der Waals surface area contributed by atoms with Gasteiger partial charge in [0.05, 0.1) is 6.42 Å². The second-order valence-electron chi connectivity index (χ2n) is 5.35. The van der Waals surface area contributed by atoms with Gasteiger partial charge in [-0.15, -0.1) is 0 Å². The quantitative estimate of drug-likeness (QED) is 0.815. The molecule has 2 N–H and O–H groups in total. The first-order valence-corrected chi connectivity index (χ1v) is 6.73. The van der Waals surface area contributed by atoms with Gasteiger partial charge < -0.3 is 10.6 Å². The maximum Gasteiger partial charge on any atom is 0.227 e. The summed E-state index contributed by atoms with van der Waals surface area (Å²) in [5, 5.41) is 0. The fourth-order valence-corrected chi connectivity index (χ4v) is 2.81. The van der Waals surface area contributed by atoms with Crippen molar-refractivity contribution in [3.8, 4) is 0 Å². The second kappa shape index (κ2) is 5.42. The first kappa shape index (κ1) is 12.9. The molecule has 1 saturated heterocycles. The van der Waals surface area contributed by atoms with E-state index in [-0.39, 0.29) is 5.91 Å². The first-order chi connectivity index (χ1) is 8.58. The summed E-state index contributed by atoms with van der Waals surface area (Å²) in [5.74, 6) is 0.236. The molecule has 0 spiro atoms. The van der Waals surface area contributed by atoms with Gasteiger partial charge >= 0.3 is 0 Å². The fourth-order valence-electron chi connectivity index (χ4n) is 2.81. The zero-order chi connectivity index (χ0) is 13.1. The van der Waals surface area contributed by atoms with Crippen molar-refractivity contribution in [2.45, 2.75) is 51.6 Å². The SMILES string of the molecule is CC1CCCC(C)N1C(=O)Cc1ccc(N)cc1. The molecule has 2 atom stereocenters. The first-order valence-electron chi connectivity index (χ1n) is 6.73. The van der Waals surface area contributed by atoms with E-state index in [0.717, 1.165) is 24.1 Å². The number of piperidine rings is 1. The lowest BCUT2D eigenvalue weighted by atomic mass is 9.96. The van der Waals surface area contributed by atoms with Crippen LogP contribution in [0.1, 0.15) is 38.7 Å². The molecule has 1 heterocycles. The van der Waals surface area contributed by atoms with Crippen molar-refractivity contribution in [2.75, 3.05) is 5.73 Å². The third kappa shape index (κ3) is 2.84. The van der Waals surface area contributed by atoms with Crippen LogP contribution in [-0.2, 0) is 11.2 Å². The predicted octanol–water partition coefficient (Wildman–Crippen LogP) is 2.60. The van der Waals surface area contributed by atoms with E-state index < -0.39 is 0 Å². The van der Waals surface area contributed by atoms with E-state index in [1.807, 2.05) is 24.3 Å². The molecule has 0 bridgehead atoms. The third-order valence-electron chi connectivity index (χ3n) is 3.82. The van der Waals surface area contributed by atoms with Gasteiger partial charge in [-0.05, 0) is 50.8 Å². The van der Waals surface area contributed by atoms with Crippen molar-refractivity contribution in [1.82, 2.24) is 4.90 Å². The Morgan fingerprint density at radius 2 is 1.78 bits per heavy atom. The van der Waals surface area contributed by atoms with Crippen LogP contribution in [0, 0.1) is 0 Å². The van der Waals surface area contributed by atoms with Crippen molar-refractivity contribution in [1.29, 1.82) is 0 Å². The zero-order valence-corrected chi connectivity index (χ0v) is 11.2. The van der Waals surface area contributed by atoms with Crippen LogP contribution in [0.4, 0.5) is 5.69 Å². The van der Waals surface area contributed by atoms with Gasteiger partial charge in [0.1, 0.15) is 0 Å². The summed E-state index contributed by atoms with van der Waals surface area (Å²) < 4.78 is 0. The molecule has 1 fully saturated rings. The number of nitrogen functional groups attached to an aromatic ring is 1. The number of nitrogens with two attached hydrogens (primary N) is 1. The minimum atomic E-state index is 0.236. The number of likely N-dealkylation sites (tertiary alicyclic amines) is 1. The van der Waals surface area contributed by atoms with Gasteiger partial charge in [-0.1, -0.05) is 12.1 Å². The van der Waals surface area contributed by atoms with Gasteiger partial charge in [0.15, 0.2) is 0 Å². The van der Waals surface area contributed by atoms with Crippen molar-refractivity contribution in [3.05, 3.63) is 29.8 Å². The van der Waals surface area contributed by atoms with Gasteiger partial charge in [-0.2, -0.15) is 0 Å². The number of carbonyl (C=O) groups excluding carboxylic acids is 1. The number of amides is 1. The van der Waals surface area contributed by atoms with Crippen molar-refractivity contribution in [2.24, 2.45) is 0 Å². The summed E-state index contributed by atoms with van der Waals surface area (Å²) in [5.41, 5.74) is 7.43. The molecule has 1 aliphatic rings. The van der Waals surface area contributed by atoms with Crippen molar-refractivity contribution < 1.29 is 4.79 Å². The maximum atomic E-state index is 12.4. The molecule has 1 aromatic rings. The Morgan fingerprint density at radius 1 is 1.22 bits per heavy atom. The highest BCUT2D eigenvalue weighted by Crippen LogP contribution is 2.23. The highest BCUT2D eigenvalue weighted by atomic mass is 16.2. The van der Waals surface area contributed by atoms with Crippen LogP contribution < -0.4 is 5.73 Å². The summed E-state index contributed by atoms with van der Waals surface area (Å²) in [6.07, 6.45) is 3.96. The standard InChI is InChI=1S/C15H22N2O/c1-11-4-3-5-12(2)17(11)15(18)10-13-6-8-14(16)9-7-13/h6-9,11-12H,3-5,10,16H2,1-2H3. The Morgan fingerprint density at radius 3 is 2.33 bits per heavy atom. The van der Waals surface area contributed by atoms with Gasteiger partial charge in [0, 0.05) is 17.8 Å². The van der Waals surface area contributed by atoms with Gasteiger partial charge in [0.25, 0.3) is 0 Å². The number of carbonyl (C=O) groups is 1. The summed E-state index contributed by atoms with van der Waals surface area (Å²) in [6.45, 7) is 4.30. The lowest BCUT2D eigenvalue weighted by Gasteiger charge is -2.39. The molecule has 18 heavy (non-hydrogen) atoms. The smallest absolute Gasteiger partial charge is 0.227 e.